The number of aliphatic imine (C=N–C) groups is 1. The van der Waals surface area contributed by atoms with E-state index in [2.05, 4.69) is 10.3 Å². The van der Waals surface area contributed by atoms with Gasteiger partial charge < -0.3 is 16.2 Å². The van der Waals surface area contributed by atoms with Crippen LogP contribution in [0.25, 0.3) is 0 Å². The molecule has 1 atom stereocenters. The molecule has 0 fully saturated rings. The molecule has 0 bridgehead atoms. The Balaban J connectivity index is 0.00000324. The zero-order valence-electron chi connectivity index (χ0n) is 11.2. The van der Waals surface area contributed by atoms with Gasteiger partial charge in [-0.2, -0.15) is 0 Å². The summed E-state index contributed by atoms with van der Waals surface area (Å²) in [6.45, 7) is 4.51. The predicted molar refractivity (Wildman–Crippen MR) is 86.2 cm³/mol. The second kappa shape index (κ2) is 8.31. The molecule has 4 N–H and O–H groups in total. The van der Waals surface area contributed by atoms with Crippen molar-refractivity contribution in [2.45, 2.75) is 25.9 Å². The predicted octanol–water partition coefficient (Wildman–Crippen LogP) is 1.97. The lowest BCUT2D eigenvalue weighted by molar-refractivity contribution is 0.0672. The summed E-state index contributed by atoms with van der Waals surface area (Å²) in [6, 6.07) is 5.71. The Bertz CT molecular complexity index is 407. The second-order valence-corrected chi connectivity index (χ2v) is 4.41. The number of halogens is 2. The van der Waals surface area contributed by atoms with E-state index < -0.39 is 5.60 Å². The molecule has 108 valence electrons. The van der Waals surface area contributed by atoms with Gasteiger partial charge in [-0.05, 0) is 31.0 Å². The van der Waals surface area contributed by atoms with Crippen molar-refractivity contribution in [1.29, 1.82) is 0 Å². The molecule has 0 radical (unpaired) electrons. The van der Waals surface area contributed by atoms with Gasteiger partial charge in [0.05, 0.1) is 6.54 Å². The Hall–Kier alpha value is -0.890. The molecule has 19 heavy (non-hydrogen) atoms. The zero-order valence-corrected chi connectivity index (χ0v) is 13.5. The maximum atomic E-state index is 12.8. The van der Waals surface area contributed by atoms with Gasteiger partial charge in [0.1, 0.15) is 11.4 Å². The van der Waals surface area contributed by atoms with Crippen LogP contribution in [-0.4, -0.2) is 24.2 Å². The molecule has 1 aromatic carbocycles. The van der Waals surface area contributed by atoms with Crippen LogP contribution in [0.5, 0.6) is 0 Å². The summed E-state index contributed by atoms with van der Waals surface area (Å²) in [6.07, 6.45) is 0.949. The normalized spacial score (nSPS) is 14.4. The van der Waals surface area contributed by atoms with Crippen LogP contribution in [0.3, 0.4) is 0 Å². The maximum Gasteiger partial charge on any atom is 0.188 e. The molecule has 0 aliphatic carbocycles. The third-order valence-corrected chi connectivity index (χ3v) is 2.58. The first-order valence-corrected chi connectivity index (χ1v) is 5.98. The van der Waals surface area contributed by atoms with Crippen LogP contribution in [0.15, 0.2) is 29.3 Å². The molecular formula is C13H21FIN3O. The number of nitrogens with two attached hydrogens (primary N) is 1. The van der Waals surface area contributed by atoms with Crippen molar-refractivity contribution in [3.63, 3.8) is 0 Å². The van der Waals surface area contributed by atoms with Crippen LogP contribution in [0.4, 0.5) is 4.39 Å². The molecule has 1 rings (SSSR count). The monoisotopic (exact) mass is 381 g/mol. The van der Waals surface area contributed by atoms with Gasteiger partial charge in [-0.15, -0.1) is 24.0 Å². The first-order valence-electron chi connectivity index (χ1n) is 5.98. The lowest BCUT2D eigenvalue weighted by Crippen LogP contribution is -2.34. The molecule has 6 heteroatoms. The van der Waals surface area contributed by atoms with E-state index in [1.807, 2.05) is 6.92 Å². The fourth-order valence-electron chi connectivity index (χ4n) is 1.45. The lowest BCUT2D eigenvalue weighted by Gasteiger charge is -2.21. The fourth-order valence-corrected chi connectivity index (χ4v) is 1.45. The SMILES string of the molecule is CCCNC(N)=NCC(C)(O)c1ccc(F)cc1.I. The number of rotatable bonds is 5. The molecule has 4 nitrogen and oxygen atoms in total. The third kappa shape index (κ3) is 6.20. The summed E-state index contributed by atoms with van der Waals surface area (Å²) in [5, 5.41) is 13.2. The van der Waals surface area contributed by atoms with Crippen molar-refractivity contribution in [2.75, 3.05) is 13.1 Å². The Morgan fingerprint density at radius 3 is 2.53 bits per heavy atom. The van der Waals surface area contributed by atoms with Gasteiger partial charge >= 0.3 is 0 Å². The average Bonchev–Trinajstić information content (AvgIpc) is 2.34. The molecule has 0 aliphatic rings. The molecule has 0 heterocycles. The minimum absolute atomic E-state index is 0. The van der Waals surface area contributed by atoms with Gasteiger partial charge in [-0.3, -0.25) is 4.99 Å². The Morgan fingerprint density at radius 2 is 2.00 bits per heavy atom. The third-order valence-electron chi connectivity index (χ3n) is 2.58. The molecule has 0 saturated heterocycles. The summed E-state index contributed by atoms with van der Waals surface area (Å²) in [5.41, 5.74) is 5.08. The quantitative estimate of drug-likeness (QED) is 0.415. The van der Waals surface area contributed by atoms with Gasteiger partial charge in [0, 0.05) is 6.54 Å². The van der Waals surface area contributed by atoms with Gasteiger partial charge in [0.15, 0.2) is 5.96 Å². The summed E-state index contributed by atoms with van der Waals surface area (Å²) >= 11 is 0. The number of guanidine groups is 1. The van der Waals surface area contributed by atoms with Crippen LogP contribution in [0.1, 0.15) is 25.8 Å². The number of hydrogen-bond acceptors (Lipinski definition) is 2. The lowest BCUT2D eigenvalue weighted by atomic mass is 9.96. The molecule has 0 saturated carbocycles. The van der Waals surface area contributed by atoms with E-state index in [4.69, 9.17) is 5.73 Å². The maximum absolute atomic E-state index is 12.8. The Morgan fingerprint density at radius 1 is 1.42 bits per heavy atom. The van der Waals surface area contributed by atoms with Crippen molar-refractivity contribution in [3.05, 3.63) is 35.6 Å². The largest absolute Gasteiger partial charge is 0.384 e. The van der Waals surface area contributed by atoms with Gasteiger partial charge in [-0.25, -0.2) is 4.39 Å². The minimum atomic E-state index is -1.16. The number of hydrogen-bond donors (Lipinski definition) is 3. The van der Waals surface area contributed by atoms with Crippen molar-refractivity contribution in [2.24, 2.45) is 10.7 Å². The van der Waals surface area contributed by atoms with E-state index in [-0.39, 0.29) is 36.3 Å². The Kier molecular flexibility index (Phi) is 7.93. The Labute approximate surface area is 130 Å². The summed E-state index contributed by atoms with van der Waals surface area (Å²) < 4.78 is 12.8. The minimum Gasteiger partial charge on any atom is -0.384 e. The van der Waals surface area contributed by atoms with Gasteiger partial charge in [0.2, 0.25) is 0 Å². The van der Waals surface area contributed by atoms with E-state index in [1.165, 1.54) is 12.1 Å². The van der Waals surface area contributed by atoms with Crippen molar-refractivity contribution in [3.8, 4) is 0 Å². The van der Waals surface area contributed by atoms with E-state index in [0.29, 0.717) is 11.5 Å². The number of nitrogens with one attached hydrogen (secondary N) is 1. The highest BCUT2D eigenvalue weighted by molar-refractivity contribution is 14.0. The first-order chi connectivity index (χ1) is 8.45. The molecule has 0 spiro atoms. The highest BCUT2D eigenvalue weighted by atomic mass is 127. The molecule has 0 aromatic heterocycles. The van der Waals surface area contributed by atoms with E-state index in [1.54, 1.807) is 19.1 Å². The molecule has 0 aliphatic heterocycles. The van der Waals surface area contributed by atoms with Crippen LogP contribution in [-0.2, 0) is 5.60 Å². The number of aliphatic hydroxyl groups is 1. The topological polar surface area (TPSA) is 70.6 Å². The first kappa shape index (κ1) is 18.1. The number of benzene rings is 1. The van der Waals surface area contributed by atoms with Crippen LogP contribution < -0.4 is 11.1 Å². The van der Waals surface area contributed by atoms with Gasteiger partial charge in [-0.1, -0.05) is 19.1 Å². The smallest absolute Gasteiger partial charge is 0.188 e. The van der Waals surface area contributed by atoms with E-state index in [0.717, 1.165) is 13.0 Å². The van der Waals surface area contributed by atoms with Crippen LogP contribution in [0.2, 0.25) is 0 Å². The second-order valence-electron chi connectivity index (χ2n) is 4.41. The standard InChI is InChI=1S/C13H20FN3O.HI/c1-3-8-16-12(15)17-9-13(2,18)10-4-6-11(14)7-5-10;/h4-7,18H,3,8-9H2,1-2H3,(H3,15,16,17);1H. The van der Waals surface area contributed by atoms with Crippen LogP contribution >= 0.6 is 24.0 Å². The molecule has 1 unspecified atom stereocenters. The summed E-state index contributed by atoms with van der Waals surface area (Å²) in [7, 11) is 0. The molecule has 1 aromatic rings. The number of nitrogens with zero attached hydrogens (tertiary/aromatic N) is 1. The fraction of sp³-hybridized carbons (Fsp3) is 0.462. The van der Waals surface area contributed by atoms with Crippen molar-refractivity contribution in [1.82, 2.24) is 5.32 Å². The van der Waals surface area contributed by atoms with Crippen LogP contribution in [0, 0.1) is 5.82 Å². The van der Waals surface area contributed by atoms with E-state index in [9.17, 15) is 9.50 Å². The summed E-state index contributed by atoms with van der Waals surface area (Å²) in [5.74, 6) is -0.0265. The molecular weight excluding hydrogens is 360 g/mol. The average molecular weight is 381 g/mol. The summed E-state index contributed by atoms with van der Waals surface area (Å²) in [4.78, 5) is 4.07. The van der Waals surface area contributed by atoms with Crippen molar-refractivity contribution < 1.29 is 9.50 Å². The molecule has 0 amide bonds. The van der Waals surface area contributed by atoms with E-state index >= 15 is 0 Å². The van der Waals surface area contributed by atoms with Gasteiger partial charge in [0.25, 0.3) is 0 Å². The zero-order chi connectivity index (χ0) is 13.6. The highest BCUT2D eigenvalue weighted by Crippen LogP contribution is 2.20. The van der Waals surface area contributed by atoms with Crippen molar-refractivity contribution >= 4 is 29.9 Å². The highest BCUT2D eigenvalue weighted by Gasteiger charge is 2.22.